The average Bonchev–Trinajstić information content (AvgIpc) is 3.33. The zero-order valence-corrected chi connectivity index (χ0v) is 18.3. The van der Waals surface area contributed by atoms with E-state index in [2.05, 4.69) is 19.9 Å². The predicted octanol–water partition coefficient (Wildman–Crippen LogP) is 2.71. The van der Waals surface area contributed by atoms with Gasteiger partial charge in [-0.1, -0.05) is 24.3 Å². The Bertz CT molecular complexity index is 1040. The van der Waals surface area contributed by atoms with E-state index in [0.717, 1.165) is 29.9 Å². The van der Waals surface area contributed by atoms with Gasteiger partial charge in [0.25, 0.3) is 5.91 Å². The van der Waals surface area contributed by atoms with Gasteiger partial charge in [-0.05, 0) is 30.2 Å². The normalized spacial score (nSPS) is 15.7. The number of hydrogen-bond donors (Lipinski definition) is 1. The van der Waals surface area contributed by atoms with Crippen molar-refractivity contribution in [2.45, 2.75) is 26.4 Å². The molecule has 1 aliphatic rings. The lowest BCUT2D eigenvalue weighted by atomic mass is 10.1. The van der Waals surface area contributed by atoms with Crippen LogP contribution in [0.1, 0.15) is 35.1 Å². The van der Waals surface area contributed by atoms with Crippen molar-refractivity contribution in [3.05, 3.63) is 78.1 Å². The highest BCUT2D eigenvalue weighted by Gasteiger charge is 2.23. The third-order valence-electron chi connectivity index (χ3n) is 5.69. The summed E-state index contributed by atoms with van der Waals surface area (Å²) in [6.45, 7) is 5.39. The topological polar surface area (TPSA) is 85.4 Å². The van der Waals surface area contributed by atoms with Crippen molar-refractivity contribution in [3.8, 4) is 0 Å². The van der Waals surface area contributed by atoms with Gasteiger partial charge in [0.2, 0.25) is 5.91 Å². The van der Waals surface area contributed by atoms with Crippen LogP contribution in [0.15, 0.2) is 61.2 Å². The molecule has 0 unspecified atom stereocenters. The largest absolute Gasteiger partial charge is 0.341 e. The molecule has 4 rings (SSSR count). The number of aromatic amines is 1. The number of nitrogens with one attached hydrogen (secondary N) is 1. The first-order valence-electron chi connectivity index (χ1n) is 10.9. The van der Waals surface area contributed by atoms with Gasteiger partial charge in [-0.15, -0.1) is 0 Å². The van der Waals surface area contributed by atoms with Crippen molar-refractivity contribution in [1.29, 1.82) is 0 Å². The second kappa shape index (κ2) is 10.2. The van der Waals surface area contributed by atoms with Gasteiger partial charge in [-0.3, -0.25) is 19.5 Å². The van der Waals surface area contributed by atoms with E-state index in [0.29, 0.717) is 38.4 Å². The van der Waals surface area contributed by atoms with Crippen molar-refractivity contribution in [1.82, 2.24) is 24.8 Å². The van der Waals surface area contributed by atoms with Gasteiger partial charge < -0.3 is 14.8 Å². The SMILES string of the molecule is CC(=O)N1CCCN(Cc2ccccn2)CCN(C(=O)c2cnc[nH]2)Cc2ccccc21. The lowest BCUT2D eigenvalue weighted by Crippen LogP contribution is -2.38. The van der Waals surface area contributed by atoms with E-state index in [9.17, 15) is 9.59 Å². The number of aromatic nitrogens is 3. The number of benzene rings is 1. The molecule has 8 heteroatoms. The number of carbonyl (C=O) groups is 2. The molecular weight excluding hydrogens is 404 g/mol. The number of anilines is 1. The Kier molecular flexibility index (Phi) is 6.91. The molecule has 0 atom stereocenters. The summed E-state index contributed by atoms with van der Waals surface area (Å²) in [6, 6.07) is 13.7. The van der Waals surface area contributed by atoms with Crippen LogP contribution >= 0.6 is 0 Å². The number of H-pyrrole nitrogens is 1. The van der Waals surface area contributed by atoms with Crippen LogP contribution in [0.25, 0.3) is 0 Å². The molecule has 2 amide bonds. The molecular formula is C24H28N6O2. The zero-order valence-electron chi connectivity index (χ0n) is 18.3. The fraction of sp³-hybridized carbons (Fsp3) is 0.333. The quantitative estimate of drug-likeness (QED) is 0.688. The first-order chi connectivity index (χ1) is 15.6. The summed E-state index contributed by atoms with van der Waals surface area (Å²) in [7, 11) is 0. The summed E-state index contributed by atoms with van der Waals surface area (Å²) < 4.78 is 0. The molecule has 2 aromatic heterocycles. The van der Waals surface area contributed by atoms with E-state index >= 15 is 0 Å². The molecule has 0 aliphatic carbocycles. The lowest BCUT2D eigenvalue weighted by molar-refractivity contribution is -0.116. The van der Waals surface area contributed by atoms with Crippen molar-refractivity contribution in [3.63, 3.8) is 0 Å². The minimum absolute atomic E-state index is 0.000539. The van der Waals surface area contributed by atoms with E-state index < -0.39 is 0 Å². The van der Waals surface area contributed by atoms with Gasteiger partial charge in [-0.2, -0.15) is 0 Å². The number of para-hydroxylation sites is 1. The van der Waals surface area contributed by atoms with Crippen LogP contribution in [0, 0.1) is 0 Å². The monoisotopic (exact) mass is 432 g/mol. The highest BCUT2D eigenvalue weighted by molar-refractivity contribution is 5.93. The number of rotatable bonds is 3. The van der Waals surface area contributed by atoms with Crippen LogP contribution in [0.2, 0.25) is 0 Å². The number of pyridine rings is 1. The Morgan fingerprint density at radius 2 is 1.88 bits per heavy atom. The minimum Gasteiger partial charge on any atom is -0.341 e. The molecule has 1 aromatic carbocycles. The van der Waals surface area contributed by atoms with Crippen LogP contribution in [0.4, 0.5) is 5.69 Å². The smallest absolute Gasteiger partial charge is 0.272 e. The van der Waals surface area contributed by atoms with Gasteiger partial charge in [0.1, 0.15) is 5.69 Å². The molecule has 166 valence electrons. The van der Waals surface area contributed by atoms with Crippen molar-refractivity contribution >= 4 is 17.5 Å². The predicted molar refractivity (Wildman–Crippen MR) is 122 cm³/mol. The number of amides is 2. The Labute approximate surface area is 187 Å². The molecule has 1 aliphatic heterocycles. The van der Waals surface area contributed by atoms with Crippen LogP contribution in [0.5, 0.6) is 0 Å². The van der Waals surface area contributed by atoms with E-state index in [1.165, 1.54) is 6.33 Å². The summed E-state index contributed by atoms with van der Waals surface area (Å²) in [6.07, 6.45) is 5.68. The maximum absolute atomic E-state index is 13.2. The molecule has 0 saturated carbocycles. The molecule has 3 heterocycles. The minimum atomic E-state index is -0.108. The van der Waals surface area contributed by atoms with E-state index in [-0.39, 0.29) is 11.8 Å². The first-order valence-corrected chi connectivity index (χ1v) is 10.9. The van der Waals surface area contributed by atoms with Crippen LogP contribution in [-0.2, 0) is 17.9 Å². The van der Waals surface area contributed by atoms with Crippen LogP contribution in [-0.4, -0.2) is 62.7 Å². The summed E-state index contributed by atoms with van der Waals surface area (Å²) in [5.41, 5.74) is 3.26. The molecule has 0 bridgehead atoms. The maximum Gasteiger partial charge on any atom is 0.272 e. The Hall–Kier alpha value is -3.52. The molecule has 8 nitrogen and oxygen atoms in total. The average molecular weight is 433 g/mol. The van der Waals surface area contributed by atoms with Crippen molar-refractivity contribution in [2.24, 2.45) is 0 Å². The number of imidazole rings is 1. The molecule has 1 N–H and O–H groups in total. The van der Waals surface area contributed by atoms with Crippen molar-refractivity contribution in [2.75, 3.05) is 31.1 Å². The van der Waals surface area contributed by atoms with E-state index in [1.54, 1.807) is 19.3 Å². The van der Waals surface area contributed by atoms with E-state index in [1.807, 2.05) is 52.3 Å². The number of fused-ring (bicyclic) bond motifs is 1. The number of carbonyl (C=O) groups excluding carboxylic acids is 2. The highest BCUT2D eigenvalue weighted by Crippen LogP contribution is 2.24. The summed E-state index contributed by atoms with van der Waals surface area (Å²) in [5.74, 6) is -0.108. The second-order valence-electron chi connectivity index (χ2n) is 7.94. The third kappa shape index (κ3) is 5.20. The molecule has 0 fully saturated rings. The molecule has 3 aromatic rings. The van der Waals surface area contributed by atoms with Crippen LogP contribution < -0.4 is 4.90 Å². The third-order valence-corrected chi connectivity index (χ3v) is 5.69. The first kappa shape index (κ1) is 21.7. The van der Waals surface area contributed by atoms with E-state index in [4.69, 9.17) is 0 Å². The molecule has 0 saturated heterocycles. The summed E-state index contributed by atoms with van der Waals surface area (Å²) >= 11 is 0. The van der Waals surface area contributed by atoms with Gasteiger partial charge in [0.05, 0.1) is 18.2 Å². The van der Waals surface area contributed by atoms with Crippen molar-refractivity contribution < 1.29 is 9.59 Å². The highest BCUT2D eigenvalue weighted by atomic mass is 16.2. The lowest BCUT2D eigenvalue weighted by Gasteiger charge is -2.27. The van der Waals surface area contributed by atoms with Gasteiger partial charge >= 0.3 is 0 Å². The van der Waals surface area contributed by atoms with Gasteiger partial charge in [0.15, 0.2) is 0 Å². The Morgan fingerprint density at radius 1 is 1.03 bits per heavy atom. The van der Waals surface area contributed by atoms with Gasteiger partial charge in [0, 0.05) is 58.1 Å². The fourth-order valence-corrected chi connectivity index (χ4v) is 4.06. The Balaban J connectivity index is 1.64. The zero-order chi connectivity index (χ0) is 22.3. The van der Waals surface area contributed by atoms with Gasteiger partial charge in [-0.25, -0.2) is 4.98 Å². The molecule has 0 spiro atoms. The fourth-order valence-electron chi connectivity index (χ4n) is 4.06. The standard InChI is InChI=1S/C24H28N6O2/c1-19(31)30-12-6-11-28(17-21-8-4-5-10-26-21)13-14-29(24(32)22-15-25-18-27-22)16-20-7-2-3-9-23(20)30/h2-5,7-10,15,18H,6,11-14,16-17H2,1H3,(H,25,27). The molecule has 0 radical (unpaired) electrons. The molecule has 32 heavy (non-hydrogen) atoms. The maximum atomic E-state index is 13.2. The number of nitrogens with zero attached hydrogens (tertiary/aromatic N) is 5. The Morgan fingerprint density at radius 3 is 2.62 bits per heavy atom. The second-order valence-corrected chi connectivity index (χ2v) is 7.94. The summed E-state index contributed by atoms with van der Waals surface area (Å²) in [4.78, 5) is 43.1. The number of hydrogen-bond acceptors (Lipinski definition) is 5. The summed E-state index contributed by atoms with van der Waals surface area (Å²) in [5, 5.41) is 0. The van der Waals surface area contributed by atoms with Crippen LogP contribution in [0.3, 0.4) is 0 Å².